The van der Waals surface area contributed by atoms with Gasteiger partial charge in [-0.1, -0.05) is 0 Å². The number of amides is 3. The van der Waals surface area contributed by atoms with Crippen LogP contribution < -0.4 is 16.0 Å². The first-order valence-corrected chi connectivity index (χ1v) is 6.44. The van der Waals surface area contributed by atoms with Gasteiger partial charge in [0, 0.05) is 19.2 Å². The van der Waals surface area contributed by atoms with E-state index in [1.807, 2.05) is 6.92 Å². The van der Waals surface area contributed by atoms with E-state index in [0.717, 1.165) is 0 Å². The van der Waals surface area contributed by atoms with E-state index >= 15 is 0 Å². The second kappa shape index (κ2) is 6.14. The van der Waals surface area contributed by atoms with Gasteiger partial charge in [0.2, 0.25) is 11.8 Å². The molecule has 0 spiro atoms. The molecule has 7 heteroatoms. The van der Waals surface area contributed by atoms with E-state index in [0.29, 0.717) is 24.2 Å². The first kappa shape index (κ1) is 14.0. The number of pyridine rings is 1. The van der Waals surface area contributed by atoms with Gasteiger partial charge in [-0.2, -0.15) is 0 Å². The van der Waals surface area contributed by atoms with Gasteiger partial charge in [-0.25, -0.2) is 0 Å². The Morgan fingerprint density at radius 1 is 1.50 bits per heavy atom. The minimum Gasteiger partial charge on any atom is -0.383 e. The smallest absolute Gasteiger partial charge is 0.254 e. The van der Waals surface area contributed by atoms with Gasteiger partial charge in [-0.15, -0.1) is 0 Å². The first-order valence-electron chi connectivity index (χ1n) is 6.44. The second-order valence-electron chi connectivity index (χ2n) is 4.43. The van der Waals surface area contributed by atoms with Crippen molar-refractivity contribution in [2.75, 3.05) is 11.9 Å². The van der Waals surface area contributed by atoms with Crippen LogP contribution in [-0.2, 0) is 9.59 Å². The number of rotatable bonds is 4. The minimum absolute atomic E-state index is 0.229. The summed E-state index contributed by atoms with van der Waals surface area (Å²) >= 11 is 0. The van der Waals surface area contributed by atoms with Gasteiger partial charge in [0.1, 0.15) is 6.04 Å². The van der Waals surface area contributed by atoms with Gasteiger partial charge >= 0.3 is 0 Å². The Balaban J connectivity index is 2.08. The number of nitrogens with zero attached hydrogens (tertiary/aromatic N) is 1. The molecule has 1 saturated heterocycles. The lowest BCUT2D eigenvalue weighted by atomic mass is 10.1. The van der Waals surface area contributed by atoms with Crippen LogP contribution in [0.15, 0.2) is 18.5 Å². The van der Waals surface area contributed by atoms with Crippen molar-refractivity contribution in [1.82, 2.24) is 15.6 Å². The third-order valence-corrected chi connectivity index (χ3v) is 2.98. The van der Waals surface area contributed by atoms with Gasteiger partial charge in [0.25, 0.3) is 5.91 Å². The number of hydrogen-bond donors (Lipinski definition) is 3. The Morgan fingerprint density at radius 2 is 2.30 bits per heavy atom. The second-order valence-corrected chi connectivity index (χ2v) is 4.43. The molecule has 0 radical (unpaired) electrons. The van der Waals surface area contributed by atoms with E-state index in [-0.39, 0.29) is 18.2 Å². The van der Waals surface area contributed by atoms with Crippen molar-refractivity contribution in [2.45, 2.75) is 25.8 Å². The molecule has 0 aliphatic carbocycles. The quantitative estimate of drug-likeness (QED) is 0.675. The molecule has 20 heavy (non-hydrogen) atoms. The molecule has 1 aliphatic heterocycles. The zero-order valence-corrected chi connectivity index (χ0v) is 11.1. The number of nitrogens with one attached hydrogen (secondary N) is 3. The summed E-state index contributed by atoms with van der Waals surface area (Å²) in [6.45, 7) is 2.57. The summed E-state index contributed by atoms with van der Waals surface area (Å²) in [4.78, 5) is 38.8. The topological polar surface area (TPSA) is 100 Å². The van der Waals surface area contributed by atoms with Crippen molar-refractivity contribution in [1.29, 1.82) is 0 Å². The predicted octanol–water partition coefficient (Wildman–Crippen LogP) is 0.0484. The normalized spacial score (nSPS) is 18.4. The lowest BCUT2D eigenvalue weighted by Gasteiger charge is -2.22. The molecule has 1 unspecified atom stereocenters. The zero-order valence-electron chi connectivity index (χ0n) is 11.1. The van der Waals surface area contributed by atoms with Gasteiger partial charge in [0.05, 0.1) is 17.4 Å². The Kier molecular flexibility index (Phi) is 4.29. The van der Waals surface area contributed by atoms with Gasteiger partial charge in [-0.05, 0) is 19.4 Å². The third kappa shape index (κ3) is 3.11. The zero-order chi connectivity index (χ0) is 14.5. The Morgan fingerprint density at radius 3 is 3.00 bits per heavy atom. The van der Waals surface area contributed by atoms with E-state index in [2.05, 4.69) is 20.9 Å². The van der Waals surface area contributed by atoms with Crippen molar-refractivity contribution in [3.8, 4) is 0 Å². The van der Waals surface area contributed by atoms with Crippen LogP contribution in [-0.4, -0.2) is 35.3 Å². The van der Waals surface area contributed by atoms with E-state index in [9.17, 15) is 14.4 Å². The van der Waals surface area contributed by atoms with E-state index in [1.54, 1.807) is 12.3 Å². The highest BCUT2D eigenvalue weighted by Crippen LogP contribution is 2.14. The summed E-state index contributed by atoms with van der Waals surface area (Å²) in [5.74, 6) is -1.13. The van der Waals surface area contributed by atoms with E-state index in [1.165, 1.54) is 6.20 Å². The van der Waals surface area contributed by atoms with Crippen LogP contribution in [0.2, 0.25) is 0 Å². The van der Waals surface area contributed by atoms with Crippen molar-refractivity contribution in [3.63, 3.8) is 0 Å². The van der Waals surface area contributed by atoms with Crippen LogP contribution in [0.1, 0.15) is 30.1 Å². The number of imide groups is 1. The molecule has 1 aromatic heterocycles. The summed E-state index contributed by atoms with van der Waals surface area (Å²) in [7, 11) is 0. The molecule has 0 bridgehead atoms. The Labute approximate surface area is 116 Å². The summed E-state index contributed by atoms with van der Waals surface area (Å²) in [6.07, 6.45) is 3.62. The predicted molar refractivity (Wildman–Crippen MR) is 72.0 cm³/mol. The summed E-state index contributed by atoms with van der Waals surface area (Å²) < 4.78 is 0. The lowest BCUT2D eigenvalue weighted by molar-refractivity contribution is -0.134. The molecule has 0 saturated carbocycles. The van der Waals surface area contributed by atoms with E-state index in [4.69, 9.17) is 0 Å². The fraction of sp³-hybridized carbons (Fsp3) is 0.385. The lowest BCUT2D eigenvalue weighted by Crippen LogP contribution is -2.52. The van der Waals surface area contributed by atoms with Crippen molar-refractivity contribution in [3.05, 3.63) is 24.0 Å². The highest BCUT2D eigenvalue weighted by atomic mass is 16.2. The van der Waals surface area contributed by atoms with Crippen molar-refractivity contribution in [2.24, 2.45) is 0 Å². The molecule has 2 rings (SSSR count). The number of carbonyl (C=O) groups excluding carboxylic acids is 3. The van der Waals surface area contributed by atoms with Crippen LogP contribution >= 0.6 is 0 Å². The number of aromatic nitrogens is 1. The van der Waals surface area contributed by atoms with Crippen LogP contribution in [0.4, 0.5) is 5.69 Å². The van der Waals surface area contributed by atoms with Crippen LogP contribution in [0.5, 0.6) is 0 Å². The van der Waals surface area contributed by atoms with Crippen molar-refractivity contribution >= 4 is 23.4 Å². The summed E-state index contributed by atoms with van der Waals surface area (Å²) in [6, 6.07) is 0.905. The molecule has 3 N–H and O–H groups in total. The molecule has 1 fully saturated rings. The SMILES string of the molecule is CCNc1cnccc1C(=O)NC1CCC(=O)NC1=O. The maximum absolute atomic E-state index is 12.2. The maximum Gasteiger partial charge on any atom is 0.254 e. The molecular formula is C13H16N4O3. The standard InChI is InChI=1S/C13H16N4O3/c1-2-15-10-7-14-6-5-8(10)12(19)16-9-3-4-11(18)17-13(9)20/h5-7,9,15H,2-4H2,1H3,(H,16,19)(H,17,18,20). The molecule has 0 aromatic carbocycles. The number of anilines is 1. The van der Waals surface area contributed by atoms with Gasteiger partial charge < -0.3 is 10.6 Å². The van der Waals surface area contributed by atoms with Crippen LogP contribution in [0, 0.1) is 0 Å². The summed E-state index contributed by atoms with van der Waals surface area (Å²) in [5.41, 5.74) is 1.03. The number of piperidine rings is 1. The largest absolute Gasteiger partial charge is 0.383 e. The molecule has 3 amide bonds. The third-order valence-electron chi connectivity index (χ3n) is 2.98. The molecule has 2 heterocycles. The van der Waals surface area contributed by atoms with Gasteiger partial charge in [0.15, 0.2) is 0 Å². The average molecular weight is 276 g/mol. The number of carbonyl (C=O) groups is 3. The highest BCUT2D eigenvalue weighted by Gasteiger charge is 2.28. The van der Waals surface area contributed by atoms with Crippen LogP contribution in [0.3, 0.4) is 0 Å². The average Bonchev–Trinajstić information content (AvgIpc) is 2.43. The van der Waals surface area contributed by atoms with Crippen LogP contribution in [0.25, 0.3) is 0 Å². The first-order chi connectivity index (χ1) is 9.61. The number of hydrogen-bond acceptors (Lipinski definition) is 5. The summed E-state index contributed by atoms with van der Waals surface area (Å²) in [5, 5.41) is 7.87. The van der Waals surface area contributed by atoms with Crippen molar-refractivity contribution < 1.29 is 14.4 Å². The fourth-order valence-electron chi connectivity index (χ4n) is 1.99. The minimum atomic E-state index is -0.678. The Bertz CT molecular complexity index is 544. The monoisotopic (exact) mass is 276 g/mol. The van der Waals surface area contributed by atoms with Gasteiger partial charge in [-0.3, -0.25) is 24.7 Å². The molecule has 1 aromatic rings. The maximum atomic E-state index is 12.2. The molecule has 7 nitrogen and oxygen atoms in total. The molecular weight excluding hydrogens is 260 g/mol. The Hall–Kier alpha value is -2.44. The fourth-order valence-corrected chi connectivity index (χ4v) is 1.99. The molecule has 1 aliphatic rings. The molecule has 106 valence electrons. The van der Waals surface area contributed by atoms with E-state index < -0.39 is 11.9 Å². The molecule has 1 atom stereocenters. The highest BCUT2D eigenvalue weighted by molar-refractivity contribution is 6.05.